The monoisotopic (exact) mass is 444 g/mol. The van der Waals surface area contributed by atoms with E-state index in [1.54, 1.807) is 41.0 Å². The number of amides is 2. The van der Waals surface area contributed by atoms with E-state index < -0.39 is 12.1 Å². The van der Waals surface area contributed by atoms with Gasteiger partial charge >= 0.3 is 18.2 Å². The molecule has 0 saturated heterocycles. The Labute approximate surface area is 176 Å². The van der Waals surface area contributed by atoms with Crippen molar-refractivity contribution in [2.24, 2.45) is 7.05 Å². The second-order valence-electron chi connectivity index (χ2n) is 6.98. The molecule has 13 heteroatoms. The molecule has 10 nitrogen and oxygen atoms in total. The van der Waals surface area contributed by atoms with Gasteiger partial charge in [0.15, 0.2) is 0 Å². The standard InChI is InChI=1S/C16H22N6O2.C2HF3O2/c1-20(2)16(23)22-8-13(15-14(9-22)18-19-21(15)3)11-24-10-12-5-4-6-17-7-12;3-2(4,5)1(6)7/h4-7,13H,8-11H2,1-3H3;(H,6,7). The van der Waals surface area contributed by atoms with Crippen molar-refractivity contribution in [3.8, 4) is 0 Å². The number of nitrogens with zero attached hydrogens (tertiary/aromatic N) is 6. The van der Waals surface area contributed by atoms with Crippen LogP contribution in [0.2, 0.25) is 0 Å². The SMILES string of the molecule is CN(C)C(=O)N1Cc2nnn(C)c2C(COCc2cccnc2)C1.O=C(O)C(F)(F)F. The Bertz CT molecular complexity index is 888. The zero-order valence-electron chi connectivity index (χ0n) is 17.2. The molecule has 1 unspecified atom stereocenters. The number of pyridine rings is 1. The van der Waals surface area contributed by atoms with Crippen LogP contribution in [-0.2, 0) is 29.7 Å². The number of carboxylic acid groups (broad SMARTS) is 1. The lowest BCUT2D eigenvalue weighted by atomic mass is 9.99. The molecule has 3 heterocycles. The van der Waals surface area contributed by atoms with E-state index in [1.807, 2.05) is 19.2 Å². The Kier molecular flexibility index (Phi) is 7.91. The second-order valence-corrected chi connectivity index (χ2v) is 6.98. The highest BCUT2D eigenvalue weighted by atomic mass is 19.4. The van der Waals surface area contributed by atoms with E-state index in [2.05, 4.69) is 15.3 Å². The van der Waals surface area contributed by atoms with Crippen molar-refractivity contribution in [2.75, 3.05) is 27.2 Å². The topological polar surface area (TPSA) is 114 Å². The van der Waals surface area contributed by atoms with Gasteiger partial charge in [-0.3, -0.25) is 9.67 Å². The van der Waals surface area contributed by atoms with Gasteiger partial charge < -0.3 is 19.6 Å². The lowest BCUT2D eigenvalue weighted by Crippen LogP contribution is -2.44. The molecule has 0 aliphatic carbocycles. The summed E-state index contributed by atoms with van der Waals surface area (Å²) >= 11 is 0. The summed E-state index contributed by atoms with van der Waals surface area (Å²) in [6.45, 7) is 2.07. The number of alkyl halides is 3. The molecule has 0 spiro atoms. The Hall–Kier alpha value is -3.22. The van der Waals surface area contributed by atoms with Crippen LogP contribution in [0, 0.1) is 0 Å². The predicted molar refractivity (Wildman–Crippen MR) is 101 cm³/mol. The fourth-order valence-corrected chi connectivity index (χ4v) is 2.98. The number of halogens is 3. The summed E-state index contributed by atoms with van der Waals surface area (Å²) in [4.78, 5) is 28.6. The summed E-state index contributed by atoms with van der Waals surface area (Å²) < 4.78 is 39.4. The number of fused-ring (bicyclic) bond motifs is 1. The molecule has 170 valence electrons. The highest BCUT2D eigenvalue weighted by Crippen LogP contribution is 2.27. The summed E-state index contributed by atoms with van der Waals surface area (Å²) in [5.74, 6) is -2.71. The average Bonchev–Trinajstić information content (AvgIpc) is 3.09. The number of ether oxygens (including phenoxy) is 1. The summed E-state index contributed by atoms with van der Waals surface area (Å²) in [5, 5.41) is 15.4. The lowest BCUT2D eigenvalue weighted by Gasteiger charge is -2.33. The summed E-state index contributed by atoms with van der Waals surface area (Å²) in [5.41, 5.74) is 2.91. The van der Waals surface area contributed by atoms with Crippen molar-refractivity contribution in [2.45, 2.75) is 25.2 Å². The number of aromatic nitrogens is 4. The number of rotatable bonds is 4. The summed E-state index contributed by atoms with van der Waals surface area (Å²) in [6, 6.07) is 3.84. The van der Waals surface area contributed by atoms with E-state index in [0.29, 0.717) is 26.3 Å². The molecular weight excluding hydrogens is 421 g/mol. The molecule has 0 radical (unpaired) electrons. The maximum atomic E-state index is 12.3. The van der Waals surface area contributed by atoms with Gasteiger partial charge in [-0.15, -0.1) is 5.10 Å². The van der Waals surface area contributed by atoms with Crippen molar-refractivity contribution in [1.29, 1.82) is 0 Å². The Morgan fingerprint density at radius 1 is 1.35 bits per heavy atom. The van der Waals surface area contributed by atoms with Gasteiger partial charge in [-0.1, -0.05) is 11.3 Å². The van der Waals surface area contributed by atoms with Crippen LogP contribution in [0.4, 0.5) is 18.0 Å². The number of carboxylic acids is 1. The van der Waals surface area contributed by atoms with E-state index in [0.717, 1.165) is 17.0 Å². The molecule has 3 rings (SSSR count). The molecule has 1 aliphatic heterocycles. The average molecular weight is 444 g/mol. The first-order valence-corrected chi connectivity index (χ1v) is 9.12. The highest BCUT2D eigenvalue weighted by Gasteiger charge is 2.38. The van der Waals surface area contributed by atoms with Gasteiger partial charge in [0.05, 0.1) is 25.5 Å². The lowest BCUT2D eigenvalue weighted by molar-refractivity contribution is -0.192. The third-order valence-corrected chi connectivity index (χ3v) is 4.32. The van der Waals surface area contributed by atoms with Crippen LogP contribution in [0.3, 0.4) is 0 Å². The Morgan fingerprint density at radius 2 is 2.03 bits per heavy atom. The van der Waals surface area contributed by atoms with Crippen LogP contribution in [0.25, 0.3) is 0 Å². The molecule has 0 aromatic carbocycles. The first kappa shape index (κ1) is 24.1. The van der Waals surface area contributed by atoms with Gasteiger partial charge in [0.2, 0.25) is 0 Å². The van der Waals surface area contributed by atoms with Gasteiger partial charge in [0, 0.05) is 46.0 Å². The predicted octanol–water partition coefficient (Wildman–Crippen LogP) is 1.64. The minimum Gasteiger partial charge on any atom is -0.475 e. The molecule has 1 atom stereocenters. The van der Waals surface area contributed by atoms with Crippen molar-refractivity contribution < 1.29 is 32.6 Å². The smallest absolute Gasteiger partial charge is 0.475 e. The van der Waals surface area contributed by atoms with E-state index >= 15 is 0 Å². The minimum absolute atomic E-state index is 0.0245. The summed E-state index contributed by atoms with van der Waals surface area (Å²) in [6.07, 6.45) is -1.55. The first-order chi connectivity index (χ1) is 14.5. The van der Waals surface area contributed by atoms with Crippen LogP contribution in [0.1, 0.15) is 22.9 Å². The van der Waals surface area contributed by atoms with Gasteiger partial charge in [-0.2, -0.15) is 13.2 Å². The maximum absolute atomic E-state index is 12.3. The molecular formula is C18H23F3N6O4. The number of hydrogen-bond acceptors (Lipinski definition) is 6. The Morgan fingerprint density at radius 3 is 2.58 bits per heavy atom. The zero-order chi connectivity index (χ0) is 23.2. The molecule has 31 heavy (non-hydrogen) atoms. The van der Waals surface area contributed by atoms with Gasteiger partial charge in [0.1, 0.15) is 5.69 Å². The molecule has 1 N–H and O–H groups in total. The highest BCUT2D eigenvalue weighted by molar-refractivity contribution is 5.74. The van der Waals surface area contributed by atoms with Crippen molar-refractivity contribution >= 4 is 12.0 Å². The summed E-state index contributed by atoms with van der Waals surface area (Å²) in [7, 11) is 5.38. The van der Waals surface area contributed by atoms with E-state index in [4.69, 9.17) is 14.6 Å². The van der Waals surface area contributed by atoms with E-state index in [1.165, 1.54) is 0 Å². The van der Waals surface area contributed by atoms with Crippen LogP contribution < -0.4 is 0 Å². The van der Waals surface area contributed by atoms with Crippen molar-refractivity contribution in [1.82, 2.24) is 29.8 Å². The fraction of sp³-hybridized carbons (Fsp3) is 0.500. The quantitative estimate of drug-likeness (QED) is 0.763. The second kappa shape index (κ2) is 10.2. The number of hydrogen-bond donors (Lipinski definition) is 1. The number of aryl methyl sites for hydroxylation is 1. The van der Waals surface area contributed by atoms with Crippen LogP contribution >= 0.6 is 0 Å². The Balaban J connectivity index is 0.000000423. The number of urea groups is 1. The van der Waals surface area contributed by atoms with Crippen molar-refractivity contribution in [3.63, 3.8) is 0 Å². The third-order valence-electron chi connectivity index (χ3n) is 4.32. The normalized spacial score (nSPS) is 15.5. The third kappa shape index (κ3) is 6.64. The first-order valence-electron chi connectivity index (χ1n) is 9.12. The number of carbonyl (C=O) groups is 2. The van der Waals surface area contributed by atoms with Crippen molar-refractivity contribution in [3.05, 3.63) is 41.5 Å². The molecule has 2 aromatic rings. The molecule has 0 fully saturated rings. The zero-order valence-corrected chi connectivity index (χ0v) is 17.2. The van der Waals surface area contributed by atoms with Crippen LogP contribution in [0.15, 0.2) is 24.5 Å². The number of aliphatic carboxylic acids is 1. The molecule has 1 aliphatic rings. The molecule has 0 saturated carbocycles. The van der Waals surface area contributed by atoms with Gasteiger partial charge in [-0.25, -0.2) is 9.59 Å². The number of carbonyl (C=O) groups excluding carboxylic acids is 1. The largest absolute Gasteiger partial charge is 0.490 e. The van der Waals surface area contributed by atoms with E-state index in [-0.39, 0.29) is 11.9 Å². The minimum atomic E-state index is -5.08. The van der Waals surface area contributed by atoms with Gasteiger partial charge in [0.25, 0.3) is 0 Å². The molecule has 0 bridgehead atoms. The van der Waals surface area contributed by atoms with Crippen LogP contribution in [-0.4, -0.2) is 80.3 Å². The molecule has 2 amide bonds. The van der Waals surface area contributed by atoms with E-state index in [9.17, 15) is 18.0 Å². The maximum Gasteiger partial charge on any atom is 0.490 e. The van der Waals surface area contributed by atoms with Crippen LogP contribution in [0.5, 0.6) is 0 Å². The van der Waals surface area contributed by atoms with Gasteiger partial charge in [-0.05, 0) is 11.6 Å². The fourth-order valence-electron chi connectivity index (χ4n) is 2.98. The molecule has 2 aromatic heterocycles.